The highest BCUT2D eigenvalue weighted by Gasteiger charge is 2.15. The van der Waals surface area contributed by atoms with Gasteiger partial charge in [0.15, 0.2) is 11.5 Å². The normalized spacial score (nSPS) is 11.6. The van der Waals surface area contributed by atoms with Crippen molar-refractivity contribution in [2.75, 3.05) is 4.72 Å². The quantitative estimate of drug-likeness (QED) is 0.452. The van der Waals surface area contributed by atoms with Crippen molar-refractivity contribution in [2.24, 2.45) is 0 Å². The number of nitrogens with one attached hydrogen (secondary N) is 1. The lowest BCUT2D eigenvalue weighted by Gasteiger charge is -2.08. The number of aromatic nitrogens is 5. The Hall–Kier alpha value is -3.63. The Morgan fingerprint density at radius 2 is 1.77 bits per heavy atom. The van der Waals surface area contributed by atoms with Crippen molar-refractivity contribution in [1.82, 2.24) is 24.8 Å². The second kappa shape index (κ2) is 7.32. The lowest BCUT2D eigenvalue weighted by molar-refractivity contribution is 0.603. The molecule has 10 heteroatoms. The van der Waals surface area contributed by atoms with Gasteiger partial charge in [0.2, 0.25) is 0 Å². The first kappa shape index (κ1) is 18.4. The number of pyridine rings is 1. The van der Waals surface area contributed by atoms with Crippen LogP contribution in [0.5, 0.6) is 0 Å². The molecule has 1 N–H and O–H groups in total. The summed E-state index contributed by atoms with van der Waals surface area (Å²) in [5.74, 6) is 0.597. The van der Waals surface area contributed by atoms with E-state index in [0.29, 0.717) is 22.9 Å². The zero-order valence-corrected chi connectivity index (χ0v) is 17.0. The van der Waals surface area contributed by atoms with E-state index < -0.39 is 10.0 Å². The van der Waals surface area contributed by atoms with Crippen molar-refractivity contribution in [3.05, 3.63) is 78.4 Å². The van der Waals surface area contributed by atoms with E-state index in [4.69, 9.17) is 0 Å². The van der Waals surface area contributed by atoms with E-state index in [9.17, 15) is 8.42 Å². The molecule has 0 aliphatic heterocycles. The fourth-order valence-corrected chi connectivity index (χ4v) is 5.00. The Morgan fingerprint density at radius 1 is 0.900 bits per heavy atom. The molecule has 5 aromatic rings. The average Bonchev–Trinajstić information content (AvgIpc) is 3.45. The van der Waals surface area contributed by atoms with Crippen molar-refractivity contribution < 1.29 is 8.42 Å². The van der Waals surface area contributed by atoms with E-state index in [1.54, 1.807) is 46.6 Å². The van der Waals surface area contributed by atoms with Crippen molar-refractivity contribution in [3.63, 3.8) is 0 Å². The van der Waals surface area contributed by atoms with Gasteiger partial charge in [0, 0.05) is 29.2 Å². The smallest absolute Gasteiger partial charge is 0.271 e. The summed E-state index contributed by atoms with van der Waals surface area (Å²) < 4.78 is 29.3. The zero-order valence-electron chi connectivity index (χ0n) is 15.4. The minimum absolute atomic E-state index is 0.272. The fourth-order valence-electron chi connectivity index (χ4n) is 2.95. The summed E-state index contributed by atoms with van der Waals surface area (Å²) in [4.78, 5) is 4.12. The van der Waals surface area contributed by atoms with Crippen molar-refractivity contribution in [2.45, 2.75) is 4.21 Å². The van der Waals surface area contributed by atoms with Crippen LogP contribution in [0.4, 0.5) is 5.69 Å². The summed E-state index contributed by atoms with van der Waals surface area (Å²) >= 11 is 1.17. The number of hydrogen-bond acceptors (Lipinski definition) is 7. The first-order valence-electron chi connectivity index (χ1n) is 8.90. The lowest BCUT2D eigenvalue weighted by Crippen LogP contribution is -2.11. The highest BCUT2D eigenvalue weighted by molar-refractivity contribution is 7.94. The molecule has 0 aliphatic rings. The fraction of sp³-hybridized carbons (Fsp3) is 0. The molecule has 0 bridgehead atoms. The van der Waals surface area contributed by atoms with Crippen LogP contribution in [0.25, 0.3) is 28.3 Å². The van der Waals surface area contributed by atoms with Crippen LogP contribution in [0.2, 0.25) is 0 Å². The zero-order chi connectivity index (χ0) is 20.6. The highest BCUT2D eigenvalue weighted by Crippen LogP contribution is 2.24. The second-order valence-electron chi connectivity index (χ2n) is 6.37. The summed E-state index contributed by atoms with van der Waals surface area (Å²) in [5.41, 5.74) is 3.46. The summed E-state index contributed by atoms with van der Waals surface area (Å²) in [6, 6.07) is 17.7. The van der Waals surface area contributed by atoms with Crippen LogP contribution in [0.1, 0.15) is 0 Å². The number of nitrogens with zero attached hydrogens (tertiary/aromatic N) is 5. The third-order valence-corrected chi connectivity index (χ3v) is 7.15. The van der Waals surface area contributed by atoms with Crippen LogP contribution in [0.3, 0.4) is 0 Å². The van der Waals surface area contributed by atoms with Crippen LogP contribution in [-0.4, -0.2) is 33.2 Å². The average molecular weight is 435 g/mol. The van der Waals surface area contributed by atoms with Gasteiger partial charge in [-0.3, -0.25) is 9.71 Å². The molecule has 148 valence electrons. The van der Waals surface area contributed by atoms with Crippen LogP contribution >= 0.6 is 11.3 Å². The Labute approximate surface area is 175 Å². The number of fused-ring (bicyclic) bond motifs is 1. The Balaban J connectivity index is 1.46. The van der Waals surface area contributed by atoms with Gasteiger partial charge in [-0.15, -0.1) is 21.5 Å². The molecule has 0 atom stereocenters. The van der Waals surface area contributed by atoms with Crippen LogP contribution < -0.4 is 4.72 Å². The maximum Gasteiger partial charge on any atom is 0.271 e. The third-order valence-electron chi connectivity index (χ3n) is 4.38. The summed E-state index contributed by atoms with van der Waals surface area (Å²) in [5, 5.41) is 14.7. The lowest BCUT2D eigenvalue weighted by atomic mass is 10.1. The van der Waals surface area contributed by atoms with E-state index in [-0.39, 0.29) is 4.21 Å². The Morgan fingerprint density at radius 3 is 2.50 bits per heavy atom. The molecule has 0 aliphatic carbocycles. The van der Waals surface area contributed by atoms with Crippen molar-refractivity contribution in [1.29, 1.82) is 0 Å². The Kier molecular flexibility index (Phi) is 4.49. The molecule has 1 aromatic carbocycles. The van der Waals surface area contributed by atoms with Crippen LogP contribution in [0.15, 0.2) is 82.6 Å². The van der Waals surface area contributed by atoms with Gasteiger partial charge in [-0.05, 0) is 47.8 Å². The molecule has 0 amide bonds. The maximum absolute atomic E-state index is 12.4. The highest BCUT2D eigenvalue weighted by atomic mass is 32.2. The van der Waals surface area contributed by atoms with E-state index in [1.807, 2.05) is 36.4 Å². The standard InChI is InChI=1S/C20H14N6O2S2/c27-30(28,19-4-2-12-29-19)25-16-7-5-14(6-8-16)17-9-10-18-22-23-20(26(18)24-17)15-3-1-11-21-13-15/h1-13,25H. The van der Waals surface area contributed by atoms with E-state index in [0.717, 1.165) is 11.1 Å². The molecule has 0 saturated carbocycles. The van der Waals surface area contributed by atoms with Gasteiger partial charge in [0.05, 0.1) is 5.69 Å². The number of sulfonamides is 1. The molecule has 8 nitrogen and oxygen atoms in total. The van der Waals surface area contributed by atoms with E-state index in [2.05, 4.69) is 25.0 Å². The maximum atomic E-state index is 12.4. The second-order valence-corrected chi connectivity index (χ2v) is 9.23. The molecule has 30 heavy (non-hydrogen) atoms. The largest absolute Gasteiger partial charge is 0.279 e. The van der Waals surface area contributed by atoms with Gasteiger partial charge in [-0.1, -0.05) is 18.2 Å². The molecule has 4 heterocycles. The first-order chi connectivity index (χ1) is 14.6. The number of rotatable bonds is 5. The number of thiophene rings is 1. The molecule has 0 spiro atoms. The summed E-state index contributed by atoms with van der Waals surface area (Å²) in [6.45, 7) is 0. The van der Waals surface area contributed by atoms with Crippen molar-refractivity contribution >= 4 is 32.7 Å². The minimum atomic E-state index is -3.58. The summed E-state index contributed by atoms with van der Waals surface area (Å²) in [6.07, 6.45) is 3.40. The predicted molar refractivity (Wildman–Crippen MR) is 115 cm³/mol. The molecule has 4 aromatic heterocycles. The van der Waals surface area contributed by atoms with Crippen LogP contribution in [-0.2, 0) is 10.0 Å². The van der Waals surface area contributed by atoms with Gasteiger partial charge in [-0.25, -0.2) is 8.42 Å². The SMILES string of the molecule is O=S(=O)(Nc1ccc(-c2ccc3nnc(-c4cccnc4)n3n2)cc1)c1cccs1. The molecular weight excluding hydrogens is 420 g/mol. The number of benzene rings is 1. The molecule has 5 rings (SSSR count). The topological polar surface area (TPSA) is 102 Å². The monoisotopic (exact) mass is 434 g/mol. The molecule has 0 saturated heterocycles. The molecule has 0 radical (unpaired) electrons. The predicted octanol–water partition coefficient (Wildman–Crippen LogP) is 3.72. The molecular formula is C20H14N6O2S2. The third kappa shape index (κ3) is 3.42. The van der Waals surface area contributed by atoms with Gasteiger partial charge in [0.25, 0.3) is 10.0 Å². The van der Waals surface area contributed by atoms with Gasteiger partial charge in [0.1, 0.15) is 4.21 Å². The Bertz CT molecular complexity index is 1410. The van der Waals surface area contributed by atoms with E-state index in [1.165, 1.54) is 11.3 Å². The first-order valence-corrected chi connectivity index (χ1v) is 11.3. The van der Waals surface area contributed by atoms with Crippen LogP contribution in [0, 0.1) is 0 Å². The molecule has 0 unspecified atom stereocenters. The number of hydrogen-bond donors (Lipinski definition) is 1. The molecule has 0 fully saturated rings. The van der Waals surface area contributed by atoms with Gasteiger partial charge >= 0.3 is 0 Å². The van der Waals surface area contributed by atoms with Gasteiger partial charge < -0.3 is 0 Å². The van der Waals surface area contributed by atoms with E-state index >= 15 is 0 Å². The van der Waals surface area contributed by atoms with Gasteiger partial charge in [-0.2, -0.15) is 9.61 Å². The minimum Gasteiger partial charge on any atom is -0.279 e. The number of anilines is 1. The van der Waals surface area contributed by atoms with Crippen molar-refractivity contribution in [3.8, 4) is 22.6 Å². The summed E-state index contributed by atoms with van der Waals surface area (Å²) in [7, 11) is -3.58.